The van der Waals surface area contributed by atoms with Crippen molar-refractivity contribution in [2.24, 2.45) is 11.8 Å². The number of anilines is 1. The molecule has 0 aromatic carbocycles. The van der Waals surface area contributed by atoms with Crippen LogP contribution >= 0.6 is 11.6 Å². The zero-order chi connectivity index (χ0) is 16.9. The first-order valence-electron chi connectivity index (χ1n) is 8.99. The van der Waals surface area contributed by atoms with Crippen LogP contribution in [-0.2, 0) is 4.79 Å². The number of carbonyl (C=O) groups excluding carboxylic acids is 1. The van der Waals surface area contributed by atoms with Crippen LogP contribution < -0.4 is 15.5 Å². The van der Waals surface area contributed by atoms with E-state index in [-0.39, 0.29) is 11.9 Å². The number of pyridine rings is 1. The fourth-order valence-corrected chi connectivity index (χ4v) is 4.08. The second-order valence-corrected chi connectivity index (χ2v) is 7.48. The third-order valence-corrected chi connectivity index (χ3v) is 5.58. The maximum Gasteiger partial charge on any atom is 0.220 e. The Balaban J connectivity index is 1.46. The number of piperidine rings is 1. The van der Waals surface area contributed by atoms with Gasteiger partial charge >= 0.3 is 0 Å². The summed E-state index contributed by atoms with van der Waals surface area (Å²) in [5, 5.41) is 7.26. The van der Waals surface area contributed by atoms with Gasteiger partial charge in [0.2, 0.25) is 5.91 Å². The summed E-state index contributed by atoms with van der Waals surface area (Å²) in [7, 11) is 0. The Kier molecular flexibility index (Phi) is 5.95. The summed E-state index contributed by atoms with van der Waals surface area (Å²) >= 11 is 6.22. The van der Waals surface area contributed by atoms with E-state index in [1.807, 2.05) is 12.1 Å². The number of nitrogens with zero attached hydrogens (tertiary/aromatic N) is 2. The monoisotopic (exact) mass is 350 g/mol. The average Bonchev–Trinajstić information content (AvgIpc) is 3.04. The molecule has 3 heterocycles. The van der Waals surface area contributed by atoms with Crippen molar-refractivity contribution in [3.05, 3.63) is 23.4 Å². The Morgan fingerprint density at radius 1 is 1.46 bits per heavy atom. The van der Waals surface area contributed by atoms with Gasteiger partial charge in [-0.15, -0.1) is 0 Å². The predicted molar refractivity (Wildman–Crippen MR) is 97.4 cm³/mol. The molecule has 0 aliphatic carbocycles. The second kappa shape index (κ2) is 8.17. The average molecular weight is 351 g/mol. The molecule has 0 radical (unpaired) electrons. The number of amides is 1. The van der Waals surface area contributed by atoms with Gasteiger partial charge in [-0.25, -0.2) is 4.98 Å². The van der Waals surface area contributed by atoms with E-state index in [2.05, 4.69) is 27.4 Å². The first-order chi connectivity index (χ1) is 11.6. The fraction of sp³-hybridized carbons (Fsp3) is 0.667. The summed E-state index contributed by atoms with van der Waals surface area (Å²) in [5.41, 5.74) is 0. The van der Waals surface area contributed by atoms with Crippen LogP contribution in [0.25, 0.3) is 0 Å². The highest BCUT2D eigenvalue weighted by atomic mass is 35.5. The molecule has 1 amide bonds. The first kappa shape index (κ1) is 17.5. The van der Waals surface area contributed by atoms with Crippen LogP contribution in [0.1, 0.15) is 32.6 Å². The Labute approximate surface area is 149 Å². The van der Waals surface area contributed by atoms with Gasteiger partial charge in [0.1, 0.15) is 5.82 Å². The largest absolute Gasteiger partial charge is 0.353 e. The topological polar surface area (TPSA) is 57.3 Å². The maximum absolute atomic E-state index is 12.4. The highest BCUT2D eigenvalue weighted by Gasteiger charge is 2.27. The lowest BCUT2D eigenvalue weighted by molar-refractivity contribution is -0.122. The van der Waals surface area contributed by atoms with Crippen molar-refractivity contribution >= 4 is 23.3 Å². The zero-order valence-corrected chi connectivity index (χ0v) is 15.1. The van der Waals surface area contributed by atoms with Gasteiger partial charge in [0.05, 0.1) is 5.02 Å². The molecule has 24 heavy (non-hydrogen) atoms. The van der Waals surface area contributed by atoms with E-state index in [0.717, 1.165) is 38.4 Å². The molecule has 2 N–H and O–H groups in total. The molecular weight excluding hydrogens is 324 g/mol. The highest BCUT2D eigenvalue weighted by Crippen LogP contribution is 2.27. The van der Waals surface area contributed by atoms with E-state index in [0.29, 0.717) is 23.3 Å². The van der Waals surface area contributed by atoms with Crippen molar-refractivity contribution in [1.82, 2.24) is 15.6 Å². The van der Waals surface area contributed by atoms with E-state index >= 15 is 0 Å². The van der Waals surface area contributed by atoms with Gasteiger partial charge < -0.3 is 15.5 Å². The molecule has 2 aliphatic heterocycles. The highest BCUT2D eigenvalue weighted by molar-refractivity contribution is 6.32. The predicted octanol–water partition coefficient (Wildman–Crippen LogP) is 2.46. The minimum Gasteiger partial charge on any atom is -0.353 e. The summed E-state index contributed by atoms with van der Waals surface area (Å²) < 4.78 is 0. The molecule has 5 nitrogen and oxygen atoms in total. The van der Waals surface area contributed by atoms with E-state index in [4.69, 9.17) is 11.6 Å². The molecule has 6 heteroatoms. The molecule has 2 fully saturated rings. The maximum atomic E-state index is 12.4. The Bertz CT molecular complexity index is 562. The lowest BCUT2D eigenvalue weighted by atomic mass is 9.84. The van der Waals surface area contributed by atoms with Crippen LogP contribution in [0, 0.1) is 11.8 Å². The summed E-state index contributed by atoms with van der Waals surface area (Å²) in [4.78, 5) is 18.9. The molecule has 132 valence electrons. The van der Waals surface area contributed by atoms with E-state index in [1.165, 1.54) is 12.8 Å². The Morgan fingerprint density at radius 3 is 3.00 bits per heavy atom. The van der Waals surface area contributed by atoms with Gasteiger partial charge in [0.25, 0.3) is 0 Å². The molecule has 0 saturated carbocycles. The minimum atomic E-state index is 0.181. The first-order valence-corrected chi connectivity index (χ1v) is 9.37. The van der Waals surface area contributed by atoms with Crippen LogP contribution in [0.2, 0.25) is 5.02 Å². The van der Waals surface area contributed by atoms with Gasteiger partial charge in [0, 0.05) is 31.7 Å². The molecular formula is C18H27ClN4O. The molecule has 2 unspecified atom stereocenters. The normalized spacial score (nSPS) is 23.2. The standard InChI is InChI=1S/C18H27ClN4O/c1-13(14-4-8-20-9-5-14)11-17(24)22-15-6-10-23(12-15)18-16(19)3-2-7-21-18/h2-3,7,13-15,20H,4-6,8-12H2,1H3,(H,22,24). The van der Waals surface area contributed by atoms with Crippen molar-refractivity contribution in [1.29, 1.82) is 0 Å². The molecule has 3 rings (SSSR count). The Morgan fingerprint density at radius 2 is 2.25 bits per heavy atom. The van der Waals surface area contributed by atoms with Gasteiger partial charge in [0.15, 0.2) is 0 Å². The van der Waals surface area contributed by atoms with E-state index in [9.17, 15) is 4.79 Å². The number of carbonyl (C=O) groups is 1. The van der Waals surface area contributed by atoms with Gasteiger partial charge in [-0.3, -0.25) is 4.79 Å². The SMILES string of the molecule is CC(CC(=O)NC1CCN(c2ncccc2Cl)C1)C1CCNCC1. The van der Waals surface area contributed by atoms with Crippen LogP contribution in [0.5, 0.6) is 0 Å². The molecule has 2 aliphatic rings. The van der Waals surface area contributed by atoms with Crippen LogP contribution in [0.15, 0.2) is 18.3 Å². The van der Waals surface area contributed by atoms with Crippen molar-refractivity contribution < 1.29 is 4.79 Å². The van der Waals surface area contributed by atoms with Gasteiger partial charge in [-0.05, 0) is 56.3 Å². The van der Waals surface area contributed by atoms with Crippen molar-refractivity contribution in [3.8, 4) is 0 Å². The molecule has 0 spiro atoms. The number of hydrogen-bond donors (Lipinski definition) is 2. The van der Waals surface area contributed by atoms with Crippen LogP contribution in [0.4, 0.5) is 5.82 Å². The zero-order valence-electron chi connectivity index (χ0n) is 14.3. The number of nitrogens with one attached hydrogen (secondary N) is 2. The minimum absolute atomic E-state index is 0.181. The number of hydrogen-bond acceptors (Lipinski definition) is 4. The van der Waals surface area contributed by atoms with Crippen molar-refractivity contribution in [2.75, 3.05) is 31.1 Å². The van der Waals surface area contributed by atoms with Crippen molar-refractivity contribution in [3.63, 3.8) is 0 Å². The third-order valence-electron chi connectivity index (χ3n) is 5.29. The third kappa shape index (κ3) is 4.39. The molecule has 1 aromatic heterocycles. The fourth-order valence-electron chi connectivity index (χ4n) is 3.84. The Hall–Kier alpha value is -1.33. The summed E-state index contributed by atoms with van der Waals surface area (Å²) in [5.74, 6) is 2.12. The lowest BCUT2D eigenvalue weighted by Gasteiger charge is -2.28. The molecule has 2 atom stereocenters. The van der Waals surface area contributed by atoms with Crippen LogP contribution in [-0.4, -0.2) is 43.1 Å². The quantitative estimate of drug-likeness (QED) is 0.856. The summed E-state index contributed by atoms with van der Waals surface area (Å²) in [6.45, 7) is 6.04. The molecule has 0 bridgehead atoms. The number of halogens is 1. The smallest absolute Gasteiger partial charge is 0.220 e. The van der Waals surface area contributed by atoms with E-state index in [1.54, 1.807) is 6.20 Å². The van der Waals surface area contributed by atoms with Gasteiger partial charge in [-0.2, -0.15) is 0 Å². The lowest BCUT2D eigenvalue weighted by Crippen LogP contribution is -2.39. The second-order valence-electron chi connectivity index (χ2n) is 7.08. The summed E-state index contributed by atoms with van der Waals surface area (Å²) in [6, 6.07) is 3.88. The number of aromatic nitrogens is 1. The molecule has 2 saturated heterocycles. The number of rotatable bonds is 5. The van der Waals surface area contributed by atoms with Gasteiger partial charge in [-0.1, -0.05) is 18.5 Å². The summed E-state index contributed by atoms with van der Waals surface area (Å²) in [6.07, 6.45) is 5.70. The van der Waals surface area contributed by atoms with Crippen molar-refractivity contribution in [2.45, 2.75) is 38.6 Å². The molecule has 1 aromatic rings. The van der Waals surface area contributed by atoms with Crippen LogP contribution in [0.3, 0.4) is 0 Å². The van der Waals surface area contributed by atoms with E-state index < -0.39 is 0 Å².